The van der Waals surface area contributed by atoms with Crippen LogP contribution in [0.4, 0.5) is 0 Å². The average molecular weight is 270 g/mol. The van der Waals surface area contributed by atoms with Gasteiger partial charge in [0, 0.05) is 40.2 Å². The van der Waals surface area contributed by atoms with Crippen molar-refractivity contribution in [3.63, 3.8) is 0 Å². The lowest BCUT2D eigenvalue weighted by Crippen LogP contribution is -2.29. The predicted molar refractivity (Wildman–Crippen MR) is 66.8 cm³/mol. The zero-order chi connectivity index (χ0) is 13.9. The molecular weight excluding hydrogens is 252 g/mol. The standard InChI is InChI=1S/C13H18O6/c1-13(2)18-11-5-9(16-7-14-3)10(17-8-15-4)6-12(11)19-13/h5-6H,7-8H2,1-4H3. The van der Waals surface area contributed by atoms with Crippen molar-refractivity contribution in [2.45, 2.75) is 19.6 Å². The molecule has 1 aliphatic rings. The summed E-state index contributed by atoms with van der Waals surface area (Å²) in [5.41, 5.74) is 0. The summed E-state index contributed by atoms with van der Waals surface area (Å²) in [6, 6.07) is 3.43. The highest BCUT2D eigenvalue weighted by Crippen LogP contribution is 2.46. The van der Waals surface area contributed by atoms with Crippen LogP contribution in [0.1, 0.15) is 13.8 Å². The maximum absolute atomic E-state index is 5.64. The van der Waals surface area contributed by atoms with Gasteiger partial charge in [-0.15, -0.1) is 0 Å². The molecule has 1 aromatic carbocycles. The molecule has 0 spiro atoms. The molecule has 0 amide bonds. The molecule has 6 nitrogen and oxygen atoms in total. The largest absolute Gasteiger partial charge is 0.464 e. The molecule has 106 valence electrons. The van der Waals surface area contributed by atoms with Gasteiger partial charge in [0.15, 0.2) is 36.6 Å². The molecule has 0 fully saturated rings. The van der Waals surface area contributed by atoms with Crippen LogP contribution >= 0.6 is 0 Å². The quantitative estimate of drug-likeness (QED) is 0.738. The third-order valence-corrected chi connectivity index (χ3v) is 2.39. The second-order valence-corrected chi connectivity index (χ2v) is 4.45. The fourth-order valence-electron chi connectivity index (χ4n) is 1.70. The van der Waals surface area contributed by atoms with E-state index in [-0.39, 0.29) is 13.6 Å². The van der Waals surface area contributed by atoms with Crippen LogP contribution in [-0.2, 0) is 9.47 Å². The maximum atomic E-state index is 5.64. The number of benzene rings is 1. The third-order valence-electron chi connectivity index (χ3n) is 2.39. The number of fused-ring (bicyclic) bond motifs is 1. The van der Waals surface area contributed by atoms with Gasteiger partial charge in [-0.25, -0.2) is 0 Å². The van der Waals surface area contributed by atoms with E-state index < -0.39 is 5.79 Å². The van der Waals surface area contributed by atoms with Crippen molar-refractivity contribution in [2.75, 3.05) is 27.8 Å². The van der Waals surface area contributed by atoms with E-state index in [1.54, 1.807) is 26.4 Å². The molecule has 0 N–H and O–H groups in total. The summed E-state index contributed by atoms with van der Waals surface area (Å²) < 4.78 is 31.9. The Balaban J connectivity index is 2.25. The normalized spacial score (nSPS) is 15.4. The van der Waals surface area contributed by atoms with E-state index in [0.717, 1.165) is 0 Å². The summed E-state index contributed by atoms with van der Waals surface area (Å²) in [6.07, 6.45) is 0. The molecule has 0 atom stereocenters. The summed E-state index contributed by atoms with van der Waals surface area (Å²) in [4.78, 5) is 0. The predicted octanol–water partition coefficient (Wildman–Crippen LogP) is 2.16. The first kappa shape index (κ1) is 13.8. The smallest absolute Gasteiger partial charge is 0.246 e. The number of hydrogen-bond acceptors (Lipinski definition) is 6. The van der Waals surface area contributed by atoms with E-state index >= 15 is 0 Å². The molecule has 1 aliphatic heterocycles. The van der Waals surface area contributed by atoms with E-state index in [2.05, 4.69) is 0 Å². The minimum atomic E-state index is -0.694. The number of hydrogen-bond donors (Lipinski definition) is 0. The fourth-order valence-corrected chi connectivity index (χ4v) is 1.70. The highest BCUT2D eigenvalue weighted by molar-refractivity contribution is 5.55. The van der Waals surface area contributed by atoms with Crippen molar-refractivity contribution < 1.29 is 28.4 Å². The highest BCUT2D eigenvalue weighted by Gasteiger charge is 2.33. The lowest BCUT2D eigenvalue weighted by Gasteiger charge is -2.16. The van der Waals surface area contributed by atoms with Crippen LogP contribution in [0, 0.1) is 0 Å². The first-order valence-corrected chi connectivity index (χ1v) is 5.85. The van der Waals surface area contributed by atoms with Crippen molar-refractivity contribution in [1.82, 2.24) is 0 Å². The molecule has 0 aromatic heterocycles. The zero-order valence-corrected chi connectivity index (χ0v) is 11.5. The van der Waals surface area contributed by atoms with Crippen LogP contribution in [0.15, 0.2) is 12.1 Å². The second-order valence-electron chi connectivity index (χ2n) is 4.45. The first-order valence-electron chi connectivity index (χ1n) is 5.85. The van der Waals surface area contributed by atoms with E-state index in [1.165, 1.54) is 0 Å². The Bertz CT molecular complexity index is 404. The summed E-state index contributed by atoms with van der Waals surface area (Å²) in [7, 11) is 3.09. The molecule has 0 saturated carbocycles. The summed E-state index contributed by atoms with van der Waals surface area (Å²) >= 11 is 0. The van der Waals surface area contributed by atoms with Crippen molar-refractivity contribution >= 4 is 0 Å². The van der Waals surface area contributed by atoms with Gasteiger partial charge in [-0.2, -0.15) is 0 Å². The highest BCUT2D eigenvalue weighted by atomic mass is 16.7. The minimum Gasteiger partial charge on any atom is -0.464 e. The Morgan fingerprint density at radius 2 is 1.32 bits per heavy atom. The van der Waals surface area contributed by atoms with Gasteiger partial charge < -0.3 is 28.4 Å². The molecule has 6 heteroatoms. The molecule has 2 rings (SSSR count). The molecule has 1 aromatic rings. The topological polar surface area (TPSA) is 55.4 Å². The van der Waals surface area contributed by atoms with Gasteiger partial charge in [0.25, 0.3) is 0 Å². The van der Waals surface area contributed by atoms with Crippen LogP contribution in [-0.4, -0.2) is 33.6 Å². The van der Waals surface area contributed by atoms with E-state index in [1.807, 2.05) is 13.8 Å². The van der Waals surface area contributed by atoms with Crippen LogP contribution in [0.25, 0.3) is 0 Å². The molecule has 19 heavy (non-hydrogen) atoms. The van der Waals surface area contributed by atoms with Crippen LogP contribution < -0.4 is 18.9 Å². The number of rotatable bonds is 6. The second kappa shape index (κ2) is 5.54. The molecule has 1 heterocycles. The van der Waals surface area contributed by atoms with Crippen molar-refractivity contribution in [3.05, 3.63) is 12.1 Å². The van der Waals surface area contributed by atoms with Gasteiger partial charge in [-0.3, -0.25) is 0 Å². The average Bonchev–Trinajstić information content (AvgIpc) is 2.65. The molecule has 0 saturated heterocycles. The van der Waals surface area contributed by atoms with Gasteiger partial charge in [0.2, 0.25) is 5.79 Å². The summed E-state index contributed by atoms with van der Waals surface area (Å²) in [5.74, 6) is 1.56. The van der Waals surface area contributed by atoms with Gasteiger partial charge in [0.1, 0.15) is 0 Å². The Labute approximate surface area is 112 Å². The Morgan fingerprint density at radius 3 is 1.68 bits per heavy atom. The number of methoxy groups -OCH3 is 2. The van der Waals surface area contributed by atoms with E-state index in [4.69, 9.17) is 28.4 Å². The molecule has 0 unspecified atom stereocenters. The van der Waals surface area contributed by atoms with Gasteiger partial charge >= 0.3 is 0 Å². The molecule has 0 radical (unpaired) electrons. The fraction of sp³-hybridized carbons (Fsp3) is 0.538. The Kier molecular flexibility index (Phi) is 4.01. The number of ether oxygens (including phenoxy) is 6. The maximum Gasteiger partial charge on any atom is 0.246 e. The lowest BCUT2D eigenvalue weighted by atomic mass is 10.3. The van der Waals surface area contributed by atoms with Crippen LogP contribution in [0.2, 0.25) is 0 Å². The van der Waals surface area contributed by atoms with Crippen molar-refractivity contribution in [2.24, 2.45) is 0 Å². The van der Waals surface area contributed by atoms with Crippen LogP contribution in [0.5, 0.6) is 23.0 Å². The zero-order valence-electron chi connectivity index (χ0n) is 11.5. The Morgan fingerprint density at radius 1 is 0.895 bits per heavy atom. The third kappa shape index (κ3) is 3.21. The van der Waals surface area contributed by atoms with Crippen molar-refractivity contribution in [3.8, 4) is 23.0 Å². The molecular formula is C13H18O6. The van der Waals surface area contributed by atoms with Gasteiger partial charge in [-0.1, -0.05) is 0 Å². The summed E-state index contributed by atoms with van der Waals surface area (Å²) in [5, 5.41) is 0. The minimum absolute atomic E-state index is 0.117. The van der Waals surface area contributed by atoms with Gasteiger partial charge in [-0.05, 0) is 0 Å². The van der Waals surface area contributed by atoms with Crippen LogP contribution in [0.3, 0.4) is 0 Å². The van der Waals surface area contributed by atoms with E-state index in [0.29, 0.717) is 23.0 Å². The van der Waals surface area contributed by atoms with Crippen molar-refractivity contribution in [1.29, 1.82) is 0 Å². The summed E-state index contributed by atoms with van der Waals surface area (Å²) in [6.45, 7) is 3.90. The van der Waals surface area contributed by atoms with Gasteiger partial charge in [0.05, 0.1) is 0 Å². The van der Waals surface area contributed by atoms with E-state index in [9.17, 15) is 0 Å². The lowest BCUT2D eigenvalue weighted by molar-refractivity contribution is -0.0432. The monoisotopic (exact) mass is 270 g/mol. The SMILES string of the molecule is COCOc1cc2c(cc1OCOC)OC(C)(C)O2. The first-order chi connectivity index (χ1) is 9.05. The Hall–Kier alpha value is -1.66. The molecule has 0 aliphatic carbocycles. The molecule has 0 bridgehead atoms.